The van der Waals surface area contributed by atoms with Gasteiger partial charge in [0.1, 0.15) is 0 Å². The van der Waals surface area contributed by atoms with Crippen LogP contribution in [0.1, 0.15) is 20.3 Å². The van der Waals surface area contributed by atoms with Gasteiger partial charge in [-0.2, -0.15) is 0 Å². The Labute approximate surface area is 78.9 Å². The van der Waals surface area contributed by atoms with Crippen molar-refractivity contribution >= 4 is 18.4 Å². The zero-order valence-corrected chi connectivity index (χ0v) is 8.23. The van der Waals surface area contributed by atoms with E-state index in [1.54, 1.807) is 0 Å². The monoisotopic (exact) mass is 193 g/mol. The molecule has 12 heavy (non-hydrogen) atoms. The summed E-state index contributed by atoms with van der Waals surface area (Å²) in [6.07, 6.45) is 0.809. The molecule has 1 aliphatic heterocycles. The molecule has 0 aliphatic carbocycles. The summed E-state index contributed by atoms with van der Waals surface area (Å²) in [5.41, 5.74) is 0. The van der Waals surface area contributed by atoms with Crippen LogP contribution in [0.4, 0.5) is 0 Å². The topological polar surface area (TPSA) is 49.3 Å². The standard InChI is InChI=1S/C8H15NO2.ClH/c1-5-3-7(8(10)11)4-9-6(5)2;/h5-7,9H,3-4H2,1-2H3,(H,10,11);1H. The van der Waals surface area contributed by atoms with Crippen molar-refractivity contribution in [3.8, 4) is 0 Å². The molecule has 0 aromatic rings. The third-order valence-corrected chi connectivity index (χ3v) is 2.55. The van der Waals surface area contributed by atoms with E-state index in [2.05, 4.69) is 19.2 Å². The van der Waals surface area contributed by atoms with E-state index in [9.17, 15) is 4.79 Å². The van der Waals surface area contributed by atoms with Crippen molar-refractivity contribution < 1.29 is 9.90 Å². The van der Waals surface area contributed by atoms with Gasteiger partial charge in [-0.15, -0.1) is 12.4 Å². The summed E-state index contributed by atoms with van der Waals surface area (Å²) in [6, 6.07) is 0.464. The van der Waals surface area contributed by atoms with Crippen molar-refractivity contribution in [2.24, 2.45) is 11.8 Å². The molecule has 3 atom stereocenters. The van der Waals surface area contributed by atoms with E-state index >= 15 is 0 Å². The highest BCUT2D eigenvalue weighted by atomic mass is 35.5. The van der Waals surface area contributed by atoms with E-state index in [4.69, 9.17) is 5.11 Å². The Hall–Kier alpha value is -0.280. The van der Waals surface area contributed by atoms with Crippen LogP contribution in [-0.2, 0) is 4.79 Å². The van der Waals surface area contributed by atoms with Crippen molar-refractivity contribution in [1.29, 1.82) is 0 Å². The number of hydrogen-bond acceptors (Lipinski definition) is 2. The molecule has 0 radical (unpaired) electrons. The minimum atomic E-state index is -0.670. The van der Waals surface area contributed by atoms with Gasteiger partial charge in [0.05, 0.1) is 5.92 Å². The van der Waals surface area contributed by atoms with Gasteiger partial charge in [0.15, 0.2) is 0 Å². The molecule has 1 fully saturated rings. The average molecular weight is 194 g/mol. The van der Waals surface area contributed by atoms with Crippen molar-refractivity contribution in [2.75, 3.05) is 6.54 Å². The van der Waals surface area contributed by atoms with Crippen LogP contribution in [0.5, 0.6) is 0 Å². The van der Waals surface area contributed by atoms with Crippen LogP contribution in [-0.4, -0.2) is 23.7 Å². The number of halogens is 1. The molecular formula is C8H16ClNO2. The van der Waals surface area contributed by atoms with Crippen LogP contribution in [0.15, 0.2) is 0 Å². The SMILES string of the molecule is CC1CC(C(=O)O)CNC1C.Cl. The Morgan fingerprint density at radius 3 is 2.50 bits per heavy atom. The quantitative estimate of drug-likeness (QED) is 0.657. The molecule has 3 nitrogen and oxygen atoms in total. The van der Waals surface area contributed by atoms with E-state index in [0.717, 1.165) is 6.42 Å². The highest BCUT2D eigenvalue weighted by molar-refractivity contribution is 5.85. The molecule has 0 saturated carbocycles. The molecule has 0 bridgehead atoms. The number of carbonyl (C=O) groups is 1. The van der Waals surface area contributed by atoms with Gasteiger partial charge in [-0.05, 0) is 19.3 Å². The number of aliphatic carboxylic acids is 1. The minimum absolute atomic E-state index is 0. The highest BCUT2D eigenvalue weighted by Crippen LogP contribution is 2.20. The molecule has 1 heterocycles. The van der Waals surface area contributed by atoms with Crippen LogP contribution in [0.25, 0.3) is 0 Å². The van der Waals surface area contributed by atoms with Crippen molar-refractivity contribution in [3.05, 3.63) is 0 Å². The zero-order valence-electron chi connectivity index (χ0n) is 7.41. The lowest BCUT2D eigenvalue weighted by atomic mass is 9.87. The van der Waals surface area contributed by atoms with Gasteiger partial charge in [0.2, 0.25) is 0 Å². The fraction of sp³-hybridized carbons (Fsp3) is 0.875. The van der Waals surface area contributed by atoms with E-state index in [1.807, 2.05) is 0 Å². The lowest BCUT2D eigenvalue weighted by molar-refractivity contribution is -0.143. The second kappa shape index (κ2) is 4.67. The Morgan fingerprint density at radius 2 is 2.08 bits per heavy atom. The molecule has 1 aliphatic rings. The van der Waals surface area contributed by atoms with Gasteiger partial charge in [-0.1, -0.05) is 6.92 Å². The Bertz CT molecular complexity index is 163. The maximum Gasteiger partial charge on any atom is 0.307 e. The number of hydrogen-bond donors (Lipinski definition) is 2. The Balaban J connectivity index is 0.00000121. The average Bonchev–Trinajstić information content (AvgIpc) is 1.94. The molecule has 0 aromatic carbocycles. The molecule has 1 saturated heterocycles. The maximum atomic E-state index is 10.6. The summed E-state index contributed by atoms with van der Waals surface area (Å²) in [5, 5.41) is 11.9. The predicted molar refractivity (Wildman–Crippen MR) is 49.6 cm³/mol. The molecule has 0 aromatic heterocycles. The smallest absolute Gasteiger partial charge is 0.307 e. The third-order valence-electron chi connectivity index (χ3n) is 2.55. The first kappa shape index (κ1) is 11.7. The number of carboxylic acids is 1. The third kappa shape index (κ3) is 2.64. The number of carboxylic acid groups (broad SMARTS) is 1. The molecule has 1 rings (SSSR count). The first-order valence-electron chi connectivity index (χ1n) is 4.07. The molecule has 4 heteroatoms. The minimum Gasteiger partial charge on any atom is -0.481 e. The molecular weight excluding hydrogens is 178 g/mol. The maximum absolute atomic E-state index is 10.6. The first-order valence-corrected chi connectivity index (χ1v) is 4.07. The Kier molecular flexibility index (Phi) is 4.57. The van der Waals surface area contributed by atoms with E-state index in [1.165, 1.54) is 0 Å². The molecule has 0 spiro atoms. The lowest BCUT2D eigenvalue weighted by Crippen LogP contribution is -2.44. The largest absolute Gasteiger partial charge is 0.481 e. The van der Waals surface area contributed by atoms with E-state index in [-0.39, 0.29) is 18.3 Å². The van der Waals surface area contributed by atoms with Gasteiger partial charge >= 0.3 is 5.97 Å². The summed E-state index contributed by atoms with van der Waals surface area (Å²) in [6.45, 7) is 4.82. The van der Waals surface area contributed by atoms with Crippen LogP contribution >= 0.6 is 12.4 Å². The summed E-state index contributed by atoms with van der Waals surface area (Å²) in [4.78, 5) is 10.6. The number of piperidine rings is 1. The fourth-order valence-electron chi connectivity index (χ4n) is 1.45. The van der Waals surface area contributed by atoms with Gasteiger partial charge < -0.3 is 10.4 Å². The van der Waals surface area contributed by atoms with Crippen LogP contribution in [0.2, 0.25) is 0 Å². The Morgan fingerprint density at radius 1 is 1.50 bits per heavy atom. The van der Waals surface area contributed by atoms with Crippen LogP contribution in [0.3, 0.4) is 0 Å². The molecule has 0 amide bonds. The summed E-state index contributed by atoms with van der Waals surface area (Å²) in [5.74, 6) is -0.373. The fourth-order valence-corrected chi connectivity index (χ4v) is 1.45. The van der Waals surface area contributed by atoms with E-state index in [0.29, 0.717) is 18.5 Å². The van der Waals surface area contributed by atoms with Crippen molar-refractivity contribution in [3.63, 3.8) is 0 Å². The van der Waals surface area contributed by atoms with Gasteiger partial charge in [0, 0.05) is 12.6 Å². The molecule has 3 unspecified atom stereocenters. The normalized spacial score (nSPS) is 35.3. The van der Waals surface area contributed by atoms with Crippen LogP contribution < -0.4 is 5.32 Å². The van der Waals surface area contributed by atoms with Gasteiger partial charge in [-0.25, -0.2) is 0 Å². The van der Waals surface area contributed by atoms with Gasteiger partial charge in [0.25, 0.3) is 0 Å². The first-order chi connectivity index (χ1) is 5.11. The summed E-state index contributed by atoms with van der Waals surface area (Å²) in [7, 11) is 0. The summed E-state index contributed by atoms with van der Waals surface area (Å²) >= 11 is 0. The van der Waals surface area contributed by atoms with Gasteiger partial charge in [-0.3, -0.25) is 4.79 Å². The van der Waals surface area contributed by atoms with E-state index < -0.39 is 5.97 Å². The van der Waals surface area contributed by atoms with Crippen molar-refractivity contribution in [1.82, 2.24) is 5.32 Å². The van der Waals surface area contributed by atoms with Crippen molar-refractivity contribution in [2.45, 2.75) is 26.3 Å². The molecule has 2 N–H and O–H groups in total. The number of rotatable bonds is 1. The van der Waals surface area contributed by atoms with Crippen LogP contribution in [0, 0.1) is 11.8 Å². The number of nitrogens with one attached hydrogen (secondary N) is 1. The predicted octanol–water partition coefficient (Wildman–Crippen LogP) is 1.13. The second-order valence-electron chi connectivity index (χ2n) is 3.45. The lowest BCUT2D eigenvalue weighted by Gasteiger charge is -2.30. The zero-order chi connectivity index (χ0) is 8.43. The highest BCUT2D eigenvalue weighted by Gasteiger charge is 2.28. The molecule has 72 valence electrons. The second-order valence-corrected chi connectivity index (χ2v) is 3.45. The summed E-state index contributed by atoms with van der Waals surface area (Å²) < 4.78 is 0.